The van der Waals surface area contributed by atoms with E-state index in [1.165, 1.54) is 6.07 Å². The molecular weight excluding hydrogens is 555 g/mol. The van der Waals surface area contributed by atoms with Gasteiger partial charge >= 0.3 is 23.8 Å². The van der Waals surface area contributed by atoms with Crippen molar-refractivity contribution in [1.82, 2.24) is 9.80 Å². The van der Waals surface area contributed by atoms with Crippen LogP contribution in [0.25, 0.3) is 0 Å². The van der Waals surface area contributed by atoms with E-state index in [4.69, 9.17) is 18.9 Å². The largest absolute Gasteiger partial charge is 0.493 e. The highest BCUT2D eigenvalue weighted by atomic mass is 19.1. The van der Waals surface area contributed by atoms with Crippen molar-refractivity contribution in [2.45, 2.75) is 91.1 Å². The highest BCUT2D eigenvalue weighted by Crippen LogP contribution is 2.42. The van der Waals surface area contributed by atoms with E-state index in [0.717, 1.165) is 12.0 Å². The number of anilines is 1. The lowest BCUT2D eigenvalue weighted by atomic mass is 10.0. The molecule has 0 aliphatic carbocycles. The summed E-state index contributed by atoms with van der Waals surface area (Å²) >= 11 is 0. The van der Waals surface area contributed by atoms with E-state index < -0.39 is 57.5 Å². The van der Waals surface area contributed by atoms with E-state index in [-0.39, 0.29) is 36.9 Å². The molecule has 42 heavy (non-hydrogen) atoms. The van der Waals surface area contributed by atoms with Gasteiger partial charge in [0, 0.05) is 38.3 Å². The zero-order chi connectivity index (χ0) is 31.6. The van der Waals surface area contributed by atoms with Gasteiger partial charge < -0.3 is 23.8 Å². The van der Waals surface area contributed by atoms with Gasteiger partial charge in [-0.15, -0.1) is 0 Å². The number of esters is 1. The molecule has 0 aromatic heterocycles. The van der Waals surface area contributed by atoms with Crippen molar-refractivity contribution < 1.29 is 42.6 Å². The van der Waals surface area contributed by atoms with E-state index in [1.807, 2.05) is 4.90 Å². The Balaban J connectivity index is 2.05. The van der Waals surface area contributed by atoms with Crippen LogP contribution in [0, 0.1) is 15.9 Å². The van der Waals surface area contributed by atoms with Gasteiger partial charge in [0.2, 0.25) is 5.82 Å². The number of amides is 2. The van der Waals surface area contributed by atoms with E-state index >= 15 is 4.39 Å². The molecule has 2 amide bonds. The van der Waals surface area contributed by atoms with Crippen molar-refractivity contribution in [3.05, 3.63) is 27.6 Å². The maximum absolute atomic E-state index is 16.2. The first-order chi connectivity index (χ1) is 19.5. The molecule has 234 valence electrons. The molecule has 1 saturated heterocycles. The molecule has 2 aliphatic rings. The lowest BCUT2D eigenvalue weighted by molar-refractivity contribution is -0.386. The van der Waals surface area contributed by atoms with Gasteiger partial charge in [-0.3, -0.25) is 19.9 Å². The van der Waals surface area contributed by atoms with Crippen molar-refractivity contribution in [1.29, 1.82) is 0 Å². The first kappa shape index (κ1) is 32.8. The molecule has 0 spiro atoms. The third-order valence-corrected chi connectivity index (χ3v) is 6.81. The van der Waals surface area contributed by atoms with Gasteiger partial charge in [-0.1, -0.05) is 6.92 Å². The van der Waals surface area contributed by atoms with Gasteiger partial charge in [-0.05, 0) is 54.4 Å². The van der Waals surface area contributed by atoms with Crippen molar-refractivity contribution in [3.8, 4) is 5.75 Å². The molecule has 14 heteroatoms. The first-order valence-corrected chi connectivity index (χ1v) is 13.9. The number of hydrogen-bond donors (Lipinski definition) is 0. The highest BCUT2D eigenvalue weighted by Gasteiger charge is 2.42. The molecule has 1 aromatic rings. The Labute approximate surface area is 244 Å². The number of nitro groups is 1. The van der Waals surface area contributed by atoms with Crippen LogP contribution >= 0.6 is 0 Å². The highest BCUT2D eigenvalue weighted by molar-refractivity contribution is 5.98. The lowest BCUT2D eigenvalue weighted by Crippen LogP contribution is -2.55. The predicted octanol–water partition coefficient (Wildman–Crippen LogP) is 4.63. The molecule has 2 atom stereocenters. The standard InChI is InChI=1S/C28H41FN4O9/c1-9-19(24(34)39-8)32(26(36)42-28(5,6)7)20-14-21-18(22(29)23(20)33(37)38)16-30-11-12-31(15-17(30)10-13-40-21)25(35)41-27(2,3)4/h14,17,19H,9-13,15-16H2,1-8H3/t17-,19?/m0/s1. The molecule has 0 saturated carbocycles. The minimum Gasteiger partial charge on any atom is -0.493 e. The number of methoxy groups -OCH3 is 1. The molecule has 13 nitrogen and oxygen atoms in total. The van der Waals surface area contributed by atoms with E-state index in [9.17, 15) is 24.5 Å². The Kier molecular flexibility index (Phi) is 9.91. The summed E-state index contributed by atoms with van der Waals surface area (Å²) in [6.07, 6.45) is -1.05. The average molecular weight is 597 g/mol. The number of ether oxygens (including phenoxy) is 4. The van der Waals surface area contributed by atoms with Crippen LogP contribution in [0.4, 0.5) is 25.4 Å². The Morgan fingerprint density at radius 3 is 2.36 bits per heavy atom. The van der Waals surface area contributed by atoms with E-state index in [2.05, 4.69) is 0 Å². The average Bonchev–Trinajstić information content (AvgIpc) is 2.85. The van der Waals surface area contributed by atoms with Crippen LogP contribution in [0.5, 0.6) is 5.75 Å². The van der Waals surface area contributed by atoms with Crippen LogP contribution in [0.15, 0.2) is 6.07 Å². The summed E-state index contributed by atoms with van der Waals surface area (Å²) in [6.45, 7) is 12.8. The molecule has 0 bridgehead atoms. The van der Waals surface area contributed by atoms with Crippen LogP contribution in [0.2, 0.25) is 0 Å². The normalized spacial score (nSPS) is 18.3. The maximum Gasteiger partial charge on any atom is 0.415 e. The second-order valence-corrected chi connectivity index (χ2v) is 12.3. The number of nitro benzene ring substituents is 1. The van der Waals surface area contributed by atoms with Gasteiger partial charge in [0.05, 0.1) is 24.2 Å². The van der Waals surface area contributed by atoms with Gasteiger partial charge in [-0.2, -0.15) is 4.39 Å². The SMILES string of the molecule is CCC(C(=O)OC)N(C(=O)OC(C)(C)C)c1cc2c(c(F)c1[N+](=O)[O-])CN1CCN(C(=O)OC(C)(C)C)C[C@@H]1CCO2. The Morgan fingerprint density at radius 1 is 1.17 bits per heavy atom. The van der Waals surface area contributed by atoms with E-state index in [1.54, 1.807) is 53.4 Å². The lowest BCUT2D eigenvalue weighted by Gasteiger charge is -2.42. The second kappa shape index (κ2) is 12.7. The summed E-state index contributed by atoms with van der Waals surface area (Å²) in [6, 6.07) is -0.331. The van der Waals surface area contributed by atoms with Gasteiger partial charge in [0.15, 0.2) is 0 Å². The van der Waals surface area contributed by atoms with Crippen molar-refractivity contribution in [3.63, 3.8) is 0 Å². The number of fused-ring (bicyclic) bond motifs is 2. The fourth-order valence-electron chi connectivity index (χ4n) is 4.95. The number of hydrogen-bond acceptors (Lipinski definition) is 10. The molecular formula is C28H41FN4O9. The fraction of sp³-hybridized carbons (Fsp3) is 0.679. The fourth-order valence-corrected chi connectivity index (χ4v) is 4.95. The number of rotatable bonds is 5. The molecule has 1 aromatic carbocycles. The summed E-state index contributed by atoms with van der Waals surface area (Å²) in [7, 11) is 1.12. The number of halogens is 1. The smallest absolute Gasteiger partial charge is 0.415 e. The topological polar surface area (TPSA) is 141 Å². The van der Waals surface area contributed by atoms with Gasteiger partial charge in [0.25, 0.3) is 0 Å². The number of benzene rings is 1. The molecule has 2 aliphatic heterocycles. The maximum atomic E-state index is 16.2. The first-order valence-electron chi connectivity index (χ1n) is 13.9. The van der Waals surface area contributed by atoms with Crippen LogP contribution in [-0.2, 0) is 25.5 Å². The zero-order valence-corrected chi connectivity index (χ0v) is 25.5. The number of nitrogens with zero attached hydrogens (tertiary/aromatic N) is 4. The zero-order valence-electron chi connectivity index (χ0n) is 25.5. The summed E-state index contributed by atoms with van der Waals surface area (Å²) in [4.78, 5) is 54.4. The van der Waals surface area contributed by atoms with Crippen LogP contribution in [-0.4, -0.2) is 89.5 Å². The molecule has 0 radical (unpaired) electrons. The number of carbonyl (C=O) groups is 3. The third-order valence-electron chi connectivity index (χ3n) is 6.81. The van der Waals surface area contributed by atoms with Crippen molar-refractivity contribution in [2.75, 3.05) is 38.3 Å². The van der Waals surface area contributed by atoms with Gasteiger partial charge in [-0.25, -0.2) is 14.4 Å². The third kappa shape index (κ3) is 7.58. The van der Waals surface area contributed by atoms with E-state index in [0.29, 0.717) is 26.1 Å². The minimum atomic E-state index is -1.33. The number of carbonyl (C=O) groups excluding carboxylic acids is 3. The minimum absolute atomic E-state index is 0.00619. The summed E-state index contributed by atoms with van der Waals surface area (Å²) in [5, 5.41) is 12.3. The summed E-state index contributed by atoms with van der Waals surface area (Å²) in [5.74, 6) is -2.03. The molecule has 1 fully saturated rings. The number of piperazine rings is 1. The van der Waals surface area contributed by atoms with Crippen LogP contribution < -0.4 is 9.64 Å². The Hall–Kier alpha value is -3.68. The molecule has 3 rings (SSSR count). The Bertz CT molecular complexity index is 1210. The quantitative estimate of drug-likeness (QED) is 0.204. The summed E-state index contributed by atoms with van der Waals surface area (Å²) < 4.78 is 37.9. The van der Waals surface area contributed by atoms with Crippen molar-refractivity contribution in [2.24, 2.45) is 0 Å². The van der Waals surface area contributed by atoms with Crippen LogP contribution in [0.1, 0.15) is 66.9 Å². The summed E-state index contributed by atoms with van der Waals surface area (Å²) in [5.41, 5.74) is -3.21. The second-order valence-electron chi connectivity index (χ2n) is 12.3. The van der Waals surface area contributed by atoms with Crippen molar-refractivity contribution >= 4 is 29.5 Å². The van der Waals surface area contributed by atoms with Gasteiger partial charge in [0.1, 0.15) is 28.7 Å². The molecule has 1 unspecified atom stereocenters. The monoisotopic (exact) mass is 596 g/mol. The van der Waals surface area contributed by atoms with Crippen LogP contribution in [0.3, 0.4) is 0 Å². The predicted molar refractivity (Wildman–Crippen MR) is 150 cm³/mol. The molecule has 0 N–H and O–H groups in total. The molecule has 2 heterocycles. The Morgan fingerprint density at radius 2 is 1.81 bits per heavy atom.